The zero-order valence-corrected chi connectivity index (χ0v) is 19.2. The number of aryl methyl sites for hydroxylation is 1. The van der Waals surface area contributed by atoms with E-state index in [1.165, 1.54) is 31.2 Å². The van der Waals surface area contributed by atoms with Crippen LogP contribution in [0.1, 0.15) is 24.2 Å². The highest BCUT2D eigenvalue weighted by atomic mass is 32.2. The molecule has 172 valence electrons. The van der Waals surface area contributed by atoms with Crippen molar-refractivity contribution in [3.8, 4) is 22.3 Å². The molecule has 1 aliphatic rings. The fourth-order valence-electron chi connectivity index (χ4n) is 3.54. The molecule has 0 atom stereocenters. The summed E-state index contributed by atoms with van der Waals surface area (Å²) in [6.45, 7) is 0. The number of anilines is 1. The van der Waals surface area contributed by atoms with Crippen molar-refractivity contribution in [3.63, 3.8) is 0 Å². The molecule has 3 N–H and O–H groups in total. The molecule has 5 rings (SSSR count). The number of nitrogens with one attached hydrogen (secondary N) is 1. The Bertz CT molecular complexity index is 1360. The molecule has 0 radical (unpaired) electrons. The molecule has 6 nitrogen and oxygen atoms in total. The highest BCUT2D eigenvalue weighted by Crippen LogP contribution is 2.37. The lowest BCUT2D eigenvalue weighted by atomic mass is 9.97. The summed E-state index contributed by atoms with van der Waals surface area (Å²) in [7, 11) is 1.85. The standard InChI is InChI=1S/C25H22F2N6S/c1-33-14-18(13-31-33)17-11-29-25(30-12-17)23(10-28)16-6-15(22-5-2-19(26)9-24(22)27)7-20(8-16)32-34-21-3-4-21/h2,5-14,21,32H,3-4,28H2,1H3. The quantitative estimate of drug-likeness (QED) is 0.348. The molecule has 2 aromatic heterocycles. The van der Waals surface area contributed by atoms with Crippen molar-refractivity contribution in [2.45, 2.75) is 18.1 Å². The minimum atomic E-state index is -0.631. The van der Waals surface area contributed by atoms with Gasteiger partial charge >= 0.3 is 0 Å². The average Bonchev–Trinajstić information content (AvgIpc) is 3.57. The summed E-state index contributed by atoms with van der Waals surface area (Å²) < 4.78 is 33.2. The summed E-state index contributed by atoms with van der Waals surface area (Å²) >= 11 is 1.64. The molecule has 0 unspecified atom stereocenters. The van der Waals surface area contributed by atoms with E-state index in [0.29, 0.717) is 27.8 Å². The van der Waals surface area contributed by atoms with E-state index in [0.717, 1.165) is 28.4 Å². The van der Waals surface area contributed by atoms with Gasteiger partial charge in [0.15, 0.2) is 5.82 Å². The lowest BCUT2D eigenvalue weighted by molar-refractivity contribution is 0.585. The molecule has 4 aromatic rings. The summed E-state index contributed by atoms with van der Waals surface area (Å²) in [5.41, 5.74) is 10.7. The second kappa shape index (κ2) is 9.26. The minimum absolute atomic E-state index is 0.298. The number of nitrogens with two attached hydrogens (primary N) is 1. The Labute approximate surface area is 200 Å². The Balaban J connectivity index is 1.52. The van der Waals surface area contributed by atoms with Gasteiger partial charge in [0, 0.05) is 71.1 Å². The lowest BCUT2D eigenvalue weighted by Crippen LogP contribution is -2.01. The molecule has 2 heterocycles. The largest absolute Gasteiger partial charge is 0.404 e. The third-order valence-electron chi connectivity index (χ3n) is 5.45. The van der Waals surface area contributed by atoms with Gasteiger partial charge in [0.1, 0.15) is 11.6 Å². The highest BCUT2D eigenvalue weighted by molar-refractivity contribution is 8.01. The Morgan fingerprint density at radius 3 is 2.50 bits per heavy atom. The van der Waals surface area contributed by atoms with Crippen LogP contribution in [0.5, 0.6) is 0 Å². The van der Waals surface area contributed by atoms with E-state index in [-0.39, 0.29) is 0 Å². The summed E-state index contributed by atoms with van der Waals surface area (Å²) in [6.07, 6.45) is 10.8. The smallest absolute Gasteiger partial charge is 0.161 e. The molecule has 0 aliphatic heterocycles. The molecule has 1 saturated carbocycles. The first-order chi connectivity index (χ1) is 16.5. The molecular formula is C25H22F2N6S. The van der Waals surface area contributed by atoms with E-state index in [1.807, 2.05) is 25.4 Å². The summed E-state index contributed by atoms with van der Waals surface area (Å²) in [6, 6.07) is 9.14. The first kappa shape index (κ1) is 22.1. The van der Waals surface area contributed by atoms with Gasteiger partial charge in [-0.15, -0.1) is 0 Å². The van der Waals surface area contributed by atoms with Crippen molar-refractivity contribution in [1.82, 2.24) is 19.7 Å². The van der Waals surface area contributed by atoms with Crippen LogP contribution in [0.25, 0.3) is 27.8 Å². The highest BCUT2D eigenvalue weighted by Gasteiger charge is 2.22. The summed E-state index contributed by atoms with van der Waals surface area (Å²) in [4.78, 5) is 9.02. The van der Waals surface area contributed by atoms with Crippen LogP contribution in [0.2, 0.25) is 0 Å². The minimum Gasteiger partial charge on any atom is -0.404 e. The zero-order chi connectivity index (χ0) is 23.7. The summed E-state index contributed by atoms with van der Waals surface area (Å²) in [5, 5.41) is 4.75. The number of aromatic nitrogens is 4. The number of nitrogens with zero attached hydrogens (tertiary/aromatic N) is 4. The second-order valence-electron chi connectivity index (χ2n) is 8.12. The fraction of sp³-hybridized carbons (Fsp3) is 0.160. The first-order valence-electron chi connectivity index (χ1n) is 10.8. The van der Waals surface area contributed by atoms with E-state index in [9.17, 15) is 8.78 Å². The van der Waals surface area contributed by atoms with E-state index in [4.69, 9.17) is 5.73 Å². The fourth-order valence-corrected chi connectivity index (χ4v) is 4.34. The van der Waals surface area contributed by atoms with Crippen LogP contribution in [-0.4, -0.2) is 25.0 Å². The van der Waals surface area contributed by atoms with Crippen LogP contribution in [0.4, 0.5) is 14.5 Å². The van der Waals surface area contributed by atoms with Crippen molar-refractivity contribution in [1.29, 1.82) is 0 Å². The van der Waals surface area contributed by atoms with E-state index in [1.54, 1.807) is 41.3 Å². The van der Waals surface area contributed by atoms with Crippen molar-refractivity contribution >= 4 is 23.2 Å². The van der Waals surface area contributed by atoms with Crippen LogP contribution in [-0.2, 0) is 7.05 Å². The maximum atomic E-state index is 14.6. The molecule has 0 amide bonds. The Kier molecular flexibility index (Phi) is 6.02. The van der Waals surface area contributed by atoms with E-state index in [2.05, 4.69) is 19.8 Å². The maximum Gasteiger partial charge on any atom is 0.161 e. The molecule has 1 fully saturated rings. The molecule has 9 heteroatoms. The van der Waals surface area contributed by atoms with E-state index >= 15 is 0 Å². The monoisotopic (exact) mass is 476 g/mol. The zero-order valence-electron chi connectivity index (χ0n) is 18.4. The van der Waals surface area contributed by atoms with Crippen LogP contribution < -0.4 is 10.5 Å². The molecule has 0 spiro atoms. The van der Waals surface area contributed by atoms with Gasteiger partial charge in [0.05, 0.1) is 6.20 Å². The third kappa shape index (κ3) is 4.79. The number of hydrogen-bond acceptors (Lipinski definition) is 6. The first-order valence-corrected chi connectivity index (χ1v) is 11.6. The van der Waals surface area contributed by atoms with Crippen molar-refractivity contribution in [2.75, 3.05) is 4.72 Å². The molecule has 1 aliphatic carbocycles. The second-order valence-corrected chi connectivity index (χ2v) is 9.23. The molecule has 0 bridgehead atoms. The average molecular weight is 477 g/mol. The molecular weight excluding hydrogens is 454 g/mol. The van der Waals surface area contributed by atoms with Gasteiger partial charge in [0.2, 0.25) is 0 Å². The molecule has 34 heavy (non-hydrogen) atoms. The van der Waals surface area contributed by atoms with Gasteiger partial charge in [-0.3, -0.25) is 4.68 Å². The van der Waals surface area contributed by atoms with Crippen LogP contribution in [0.3, 0.4) is 0 Å². The normalized spacial score (nSPS) is 13.8. The van der Waals surface area contributed by atoms with Gasteiger partial charge < -0.3 is 10.5 Å². The van der Waals surface area contributed by atoms with Gasteiger partial charge in [-0.2, -0.15) is 5.10 Å². The van der Waals surface area contributed by atoms with Gasteiger partial charge in [0.25, 0.3) is 0 Å². The third-order valence-corrected chi connectivity index (χ3v) is 6.61. The van der Waals surface area contributed by atoms with Crippen molar-refractivity contribution in [2.24, 2.45) is 12.8 Å². The SMILES string of the molecule is Cn1cc(-c2cnc(C(=CN)c3cc(NSC4CC4)cc(-c4ccc(F)cc4F)c3)nc2)cn1. The number of hydrogen-bond donors (Lipinski definition) is 2. The van der Waals surface area contributed by atoms with Gasteiger partial charge in [-0.25, -0.2) is 18.7 Å². The van der Waals surface area contributed by atoms with Gasteiger partial charge in [-0.05, 0) is 66.2 Å². The Morgan fingerprint density at radius 2 is 1.85 bits per heavy atom. The predicted octanol–water partition coefficient (Wildman–Crippen LogP) is 5.39. The Hall–Kier alpha value is -3.72. The number of halogens is 2. The van der Waals surface area contributed by atoms with Crippen molar-refractivity contribution in [3.05, 3.63) is 90.4 Å². The lowest BCUT2D eigenvalue weighted by Gasteiger charge is -2.14. The molecule has 2 aromatic carbocycles. The van der Waals surface area contributed by atoms with Crippen LogP contribution >= 0.6 is 11.9 Å². The van der Waals surface area contributed by atoms with Crippen LogP contribution in [0.15, 0.2) is 67.4 Å². The Morgan fingerprint density at radius 1 is 1.06 bits per heavy atom. The summed E-state index contributed by atoms with van der Waals surface area (Å²) in [5.74, 6) is -0.814. The van der Waals surface area contributed by atoms with E-state index < -0.39 is 11.6 Å². The number of rotatable bonds is 7. The molecule has 0 saturated heterocycles. The van der Waals surface area contributed by atoms with Gasteiger partial charge in [-0.1, -0.05) is 0 Å². The topological polar surface area (TPSA) is 81.7 Å². The van der Waals surface area contributed by atoms with Crippen LogP contribution in [0, 0.1) is 11.6 Å². The predicted molar refractivity (Wildman–Crippen MR) is 132 cm³/mol. The maximum absolute atomic E-state index is 14.6. The number of benzene rings is 2. The van der Waals surface area contributed by atoms with Crippen molar-refractivity contribution < 1.29 is 8.78 Å².